The van der Waals surface area contributed by atoms with E-state index in [0.29, 0.717) is 5.56 Å². The summed E-state index contributed by atoms with van der Waals surface area (Å²) in [6.07, 6.45) is 3.89. The molecule has 1 aromatic heterocycles. The minimum absolute atomic E-state index is 0.0352. The molecule has 88 valence electrons. The summed E-state index contributed by atoms with van der Waals surface area (Å²) in [4.78, 5) is 11.4. The number of hydrogen-bond donors (Lipinski definition) is 1. The number of carbonyl (C=O) groups excluding carboxylic acids is 1. The first-order valence-corrected chi connectivity index (χ1v) is 5.78. The molecular formula is C13H14N2O2. The highest BCUT2D eigenvalue weighted by Gasteiger charge is 2.21. The zero-order valence-electron chi connectivity index (χ0n) is 9.43. The van der Waals surface area contributed by atoms with Gasteiger partial charge in [0.25, 0.3) is 5.91 Å². The fourth-order valence-electron chi connectivity index (χ4n) is 2.42. The monoisotopic (exact) mass is 230 g/mol. The van der Waals surface area contributed by atoms with E-state index >= 15 is 0 Å². The number of ether oxygens (including phenoxy) is 1. The minimum atomic E-state index is -0.391. The number of nitrogens with two attached hydrogens (primary N) is 1. The first kappa shape index (κ1) is 10.4. The molecule has 1 atom stereocenters. The summed E-state index contributed by atoms with van der Waals surface area (Å²) >= 11 is 0. The Balaban J connectivity index is 2.20. The number of aromatic nitrogens is 1. The standard InChI is InChI=1S/C13H14N2O2/c14-13(16)10-8-15(12-6-3-7-17-12)11-5-2-1-4-9(10)11/h1-2,4-5,8,12H,3,6-7H2,(H2,14,16). The fraction of sp³-hybridized carbons (Fsp3) is 0.308. The summed E-state index contributed by atoms with van der Waals surface area (Å²) in [5.41, 5.74) is 6.97. The molecular weight excluding hydrogens is 216 g/mol. The number of rotatable bonds is 2. The Kier molecular flexibility index (Phi) is 2.37. The average molecular weight is 230 g/mol. The van der Waals surface area contributed by atoms with Gasteiger partial charge in [0.1, 0.15) is 6.23 Å². The number of carbonyl (C=O) groups is 1. The second-order valence-corrected chi connectivity index (χ2v) is 4.30. The molecule has 1 fully saturated rings. The van der Waals surface area contributed by atoms with Crippen LogP contribution < -0.4 is 5.73 Å². The average Bonchev–Trinajstić information content (AvgIpc) is 2.95. The maximum atomic E-state index is 11.4. The van der Waals surface area contributed by atoms with Crippen LogP contribution in [0.15, 0.2) is 30.5 Å². The van der Waals surface area contributed by atoms with E-state index in [9.17, 15) is 4.79 Å². The van der Waals surface area contributed by atoms with Crippen LogP contribution in [-0.4, -0.2) is 17.1 Å². The molecule has 4 heteroatoms. The van der Waals surface area contributed by atoms with Gasteiger partial charge in [-0.2, -0.15) is 0 Å². The van der Waals surface area contributed by atoms with Crippen molar-refractivity contribution in [3.8, 4) is 0 Å². The van der Waals surface area contributed by atoms with Crippen molar-refractivity contribution in [1.82, 2.24) is 4.57 Å². The van der Waals surface area contributed by atoms with Gasteiger partial charge in [-0.05, 0) is 18.9 Å². The molecule has 1 aromatic carbocycles. The van der Waals surface area contributed by atoms with Crippen molar-refractivity contribution in [2.75, 3.05) is 6.61 Å². The number of benzene rings is 1. The van der Waals surface area contributed by atoms with Gasteiger partial charge in [0.2, 0.25) is 0 Å². The highest BCUT2D eigenvalue weighted by Crippen LogP contribution is 2.30. The lowest BCUT2D eigenvalue weighted by Crippen LogP contribution is -2.10. The molecule has 2 N–H and O–H groups in total. The van der Waals surface area contributed by atoms with Gasteiger partial charge in [-0.25, -0.2) is 0 Å². The molecule has 4 nitrogen and oxygen atoms in total. The van der Waals surface area contributed by atoms with Crippen molar-refractivity contribution in [2.24, 2.45) is 5.73 Å². The lowest BCUT2D eigenvalue weighted by atomic mass is 10.2. The highest BCUT2D eigenvalue weighted by atomic mass is 16.5. The van der Waals surface area contributed by atoms with Crippen LogP contribution in [0.1, 0.15) is 29.4 Å². The van der Waals surface area contributed by atoms with Crippen LogP contribution >= 0.6 is 0 Å². The van der Waals surface area contributed by atoms with E-state index in [-0.39, 0.29) is 6.23 Å². The van der Waals surface area contributed by atoms with Crippen LogP contribution in [0, 0.1) is 0 Å². The number of amides is 1. The van der Waals surface area contributed by atoms with Crippen LogP contribution in [0.3, 0.4) is 0 Å². The van der Waals surface area contributed by atoms with Crippen molar-refractivity contribution in [1.29, 1.82) is 0 Å². The molecule has 0 saturated carbocycles. The third-order valence-electron chi connectivity index (χ3n) is 3.22. The Hall–Kier alpha value is -1.81. The molecule has 1 unspecified atom stereocenters. The summed E-state index contributed by atoms with van der Waals surface area (Å²) < 4.78 is 7.67. The maximum absolute atomic E-state index is 11.4. The second kappa shape index (κ2) is 3.89. The Morgan fingerprint density at radius 3 is 2.94 bits per heavy atom. The Morgan fingerprint density at radius 2 is 2.24 bits per heavy atom. The van der Waals surface area contributed by atoms with Crippen LogP contribution in [0.4, 0.5) is 0 Å². The minimum Gasteiger partial charge on any atom is -0.366 e. The van der Waals surface area contributed by atoms with Crippen LogP contribution in [0.5, 0.6) is 0 Å². The molecule has 0 radical (unpaired) electrons. The van der Waals surface area contributed by atoms with E-state index in [2.05, 4.69) is 0 Å². The Labute approximate surface area is 99.0 Å². The largest absolute Gasteiger partial charge is 0.366 e. The zero-order chi connectivity index (χ0) is 11.8. The van der Waals surface area contributed by atoms with Gasteiger partial charge in [0.15, 0.2) is 0 Å². The summed E-state index contributed by atoms with van der Waals surface area (Å²) in [6.45, 7) is 0.781. The summed E-state index contributed by atoms with van der Waals surface area (Å²) in [6, 6.07) is 7.78. The van der Waals surface area contributed by atoms with E-state index in [1.807, 2.05) is 35.0 Å². The van der Waals surface area contributed by atoms with Gasteiger partial charge < -0.3 is 15.0 Å². The molecule has 17 heavy (non-hydrogen) atoms. The van der Waals surface area contributed by atoms with E-state index in [4.69, 9.17) is 10.5 Å². The van der Waals surface area contributed by atoms with E-state index in [1.54, 1.807) is 0 Å². The Morgan fingerprint density at radius 1 is 1.41 bits per heavy atom. The smallest absolute Gasteiger partial charge is 0.250 e. The van der Waals surface area contributed by atoms with E-state index in [1.165, 1.54) is 0 Å². The maximum Gasteiger partial charge on any atom is 0.250 e. The second-order valence-electron chi connectivity index (χ2n) is 4.30. The van der Waals surface area contributed by atoms with Crippen molar-refractivity contribution in [3.63, 3.8) is 0 Å². The third-order valence-corrected chi connectivity index (χ3v) is 3.22. The SMILES string of the molecule is NC(=O)c1cn(C2CCCO2)c2ccccc12. The molecule has 0 bridgehead atoms. The van der Waals surface area contributed by atoms with Crippen molar-refractivity contribution in [3.05, 3.63) is 36.0 Å². The quantitative estimate of drug-likeness (QED) is 0.858. The van der Waals surface area contributed by atoms with Gasteiger partial charge in [0.05, 0.1) is 11.1 Å². The van der Waals surface area contributed by atoms with Crippen LogP contribution in [0.2, 0.25) is 0 Å². The predicted molar refractivity (Wildman–Crippen MR) is 64.7 cm³/mol. The molecule has 2 aromatic rings. The molecule has 3 rings (SSSR count). The molecule has 1 amide bonds. The third kappa shape index (κ3) is 1.61. The van der Waals surface area contributed by atoms with Gasteiger partial charge in [0, 0.05) is 18.2 Å². The van der Waals surface area contributed by atoms with Gasteiger partial charge in [-0.15, -0.1) is 0 Å². The number of nitrogens with zero attached hydrogens (tertiary/aromatic N) is 1. The molecule has 2 heterocycles. The lowest BCUT2D eigenvalue weighted by Gasteiger charge is -2.12. The number of fused-ring (bicyclic) bond motifs is 1. The normalized spacial score (nSPS) is 19.9. The number of para-hydroxylation sites is 1. The predicted octanol–water partition coefficient (Wildman–Crippen LogP) is 2.05. The molecule has 0 aliphatic carbocycles. The summed E-state index contributed by atoms with van der Waals surface area (Å²) in [5, 5.41) is 0.899. The summed E-state index contributed by atoms with van der Waals surface area (Å²) in [5.74, 6) is -0.391. The topological polar surface area (TPSA) is 57.2 Å². The molecule has 1 saturated heterocycles. The molecule has 1 aliphatic rings. The summed E-state index contributed by atoms with van der Waals surface area (Å²) in [7, 11) is 0. The number of hydrogen-bond acceptors (Lipinski definition) is 2. The molecule has 1 aliphatic heterocycles. The highest BCUT2D eigenvalue weighted by molar-refractivity contribution is 6.06. The molecule has 0 spiro atoms. The fourth-order valence-corrected chi connectivity index (χ4v) is 2.42. The number of primary amides is 1. The lowest BCUT2D eigenvalue weighted by molar-refractivity contribution is 0.0600. The Bertz CT molecular complexity index is 568. The first-order valence-electron chi connectivity index (χ1n) is 5.78. The zero-order valence-corrected chi connectivity index (χ0v) is 9.43. The van der Waals surface area contributed by atoms with Crippen molar-refractivity contribution < 1.29 is 9.53 Å². The van der Waals surface area contributed by atoms with Crippen LogP contribution in [0.25, 0.3) is 10.9 Å². The first-order chi connectivity index (χ1) is 8.27. The van der Waals surface area contributed by atoms with Crippen molar-refractivity contribution >= 4 is 16.8 Å². The van der Waals surface area contributed by atoms with Gasteiger partial charge >= 0.3 is 0 Å². The van der Waals surface area contributed by atoms with Crippen molar-refractivity contribution in [2.45, 2.75) is 19.1 Å². The van der Waals surface area contributed by atoms with E-state index in [0.717, 1.165) is 30.4 Å². The van der Waals surface area contributed by atoms with E-state index < -0.39 is 5.91 Å². The van der Waals surface area contributed by atoms with Crippen LogP contribution in [-0.2, 0) is 4.74 Å². The van der Waals surface area contributed by atoms with Gasteiger partial charge in [-0.3, -0.25) is 4.79 Å². The van der Waals surface area contributed by atoms with Gasteiger partial charge in [-0.1, -0.05) is 18.2 Å².